The van der Waals surface area contributed by atoms with E-state index in [9.17, 15) is 5.11 Å². The van der Waals surface area contributed by atoms with E-state index in [4.69, 9.17) is 0 Å². The van der Waals surface area contributed by atoms with Crippen LogP contribution in [-0.2, 0) is 0 Å². The average Bonchev–Trinajstić information content (AvgIpc) is 1.95. The molecule has 1 fully saturated rings. The molecule has 10 heavy (non-hydrogen) atoms. The second-order valence-electron chi connectivity index (χ2n) is 3.41. The number of hydrogen-bond acceptors (Lipinski definition) is 2. The Kier molecular flexibility index (Phi) is 3.05. The van der Waals surface area contributed by atoms with E-state index in [0.717, 1.165) is 30.9 Å². The van der Waals surface area contributed by atoms with Gasteiger partial charge in [0.05, 0.1) is 6.10 Å². The van der Waals surface area contributed by atoms with Crippen LogP contribution in [0.1, 0.15) is 26.2 Å². The number of aliphatic hydroxyl groups is 1. The summed E-state index contributed by atoms with van der Waals surface area (Å²) in [5.41, 5.74) is 0. The van der Waals surface area contributed by atoms with E-state index >= 15 is 0 Å². The molecule has 1 N–H and O–H groups in total. The van der Waals surface area contributed by atoms with E-state index in [1.807, 2.05) is 0 Å². The maximum absolute atomic E-state index is 9.37. The van der Waals surface area contributed by atoms with E-state index in [1.165, 1.54) is 0 Å². The van der Waals surface area contributed by atoms with Crippen LogP contribution in [0, 0.1) is 11.8 Å². The zero-order valence-corrected chi connectivity index (χ0v) is 7.35. The molecule has 0 aliphatic heterocycles. The molecule has 1 rings (SSSR count). The second-order valence-corrected chi connectivity index (χ2v) is 3.77. The highest BCUT2D eigenvalue weighted by atomic mass is 32.1. The predicted octanol–water partition coefficient (Wildman–Crippen LogP) is 1.71. The molecule has 1 nitrogen and oxygen atoms in total. The van der Waals surface area contributed by atoms with Crippen molar-refractivity contribution in [3.05, 3.63) is 0 Å². The lowest BCUT2D eigenvalue weighted by Gasteiger charge is -2.29. The van der Waals surface area contributed by atoms with E-state index in [0.29, 0.717) is 5.92 Å². The van der Waals surface area contributed by atoms with Crippen LogP contribution in [0.25, 0.3) is 0 Å². The van der Waals surface area contributed by atoms with Crippen LogP contribution in [0.15, 0.2) is 0 Å². The summed E-state index contributed by atoms with van der Waals surface area (Å²) in [6.07, 6.45) is 3.25. The van der Waals surface area contributed by atoms with Crippen molar-refractivity contribution in [2.24, 2.45) is 11.8 Å². The van der Waals surface area contributed by atoms with Gasteiger partial charge in [-0.1, -0.05) is 6.92 Å². The number of rotatable bonds is 1. The first-order valence-electron chi connectivity index (χ1n) is 4.03. The van der Waals surface area contributed by atoms with Crippen molar-refractivity contribution in [3.63, 3.8) is 0 Å². The van der Waals surface area contributed by atoms with Gasteiger partial charge in [-0.15, -0.1) is 0 Å². The summed E-state index contributed by atoms with van der Waals surface area (Å²) < 4.78 is 0. The SMILES string of the molecule is CC1CC(CS)CCC1O. The predicted molar refractivity (Wildman–Crippen MR) is 46.4 cm³/mol. The van der Waals surface area contributed by atoms with E-state index in [2.05, 4.69) is 19.6 Å². The van der Waals surface area contributed by atoms with Crippen molar-refractivity contribution in [1.82, 2.24) is 0 Å². The molecule has 0 aromatic rings. The van der Waals surface area contributed by atoms with Gasteiger partial charge in [0.15, 0.2) is 0 Å². The molecule has 0 aromatic carbocycles. The Morgan fingerprint density at radius 2 is 2.20 bits per heavy atom. The lowest BCUT2D eigenvalue weighted by molar-refractivity contribution is 0.0621. The molecule has 0 bridgehead atoms. The third kappa shape index (κ3) is 1.89. The summed E-state index contributed by atoms with van der Waals surface area (Å²) in [4.78, 5) is 0. The number of hydrogen-bond donors (Lipinski definition) is 2. The Balaban J connectivity index is 2.33. The molecule has 0 spiro atoms. The van der Waals surface area contributed by atoms with Gasteiger partial charge in [0.1, 0.15) is 0 Å². The Morgan fingerprint density at radius 3 is 2.70 bits per heavy atom. The Hall–Kier alpha value is 0.310. The molecule has 0 aromatic heterocycles. The smallest absolute Gasteiger partial charge is 0.0566 e. The third-order valence-corrected chi connectivity index (χ3v) is 3.01. The van der Waals surface area contributed by atoms with Crippen LogP contribution in [0.5, 0.6) is 0 Å². The minimum absolute atomic E-state index is 0.0452. The van der Waals surface area contributed by atoms with Gasteiger partial charge in [-0.05, 0) is 36.9 Å². The van der Waals surface area contributed by atoms with Crippen LogP contribution < -0.4 is 0 Å². The minimum atomic E-state index is -0.0452. The third-order valence-electron chi connectivity index (χ3n) is 2.49. The first-order valence-corrected chi connectivity index (χ1v) is 4.66. The summed E-state index contributed by atoms with van der Waals surface area (Å²) in [6, 6.07) is 0. The molecule has 1 aliphatic rings. The van der Waals surface area contributed by atoms with Crippen molar-refractivity contribution in [3.8, 4) is 0 Å². The Labute approximate surface area is 68.2 Å². The molecule has 0 heterocycles. The van der Waals surface area contributed by atoms with E-state index < -0.39 is 0 Å². The summed E-state index contributed by atoms with van der Waals surface area (Å²) >= 11 is 4.25. The monoisotopic (exact) mass is 160 g/mol. The van der Waals surface area contributed by atoms with Crippen LogP contribution in [-0.4, -0.2) is 17.0 Å². The molecule has 0 radical (unpaired) electrons. The van der Waals surface area contributed by atoms with Crippen molar-refractivity contribution >= 4 is 12.6 Å². The molecular formula is C8H16OS. The average molecular weight is 160 g/mol. The molecular weight excluding hydrogens is 144 g/mol. The molecule has 3 unspecified atom stereocenters. The van der Waals surface area contributed by atoms with Crippen molar-refractivity contribution < 1.29 is 5.11 Å². The molecule has 3 atom stereocenters. The molecule has 0 amide bonds. The molecule has 1 saturated carbocycles. The van der Waals surface area contributed by atoms with Gasteiger partial charge in [-0.3, -0.25) is 0 Å². The summed E-state index contributed by atoms with van der Waals surface area (Å²) in [7, 11) is 0. The van der Waals surface area contributed by atoms with Crippen LogP contribution >= 0.6 is 12.6 Å². The summed E-state index contributed by atoms with van der Waals surface area (Å²) in [6.45, 7) is 2.13. The number of aliphatic hydroxyl groups excluding tert-OH is 1. The highest BCUT2D eigenvalue weighted by Crippen LogP contribution is 2.29. The quantitative estimate of drug-likeness (QED) is 0.560. The fourth-order valence-corrected chi connectivity index (χ4v) is 1.99. The van der Waals surface area contributed by atoms with Gasteiger partial charge >= 0.3 is 0 Å². The van der Waals surface area contributed by atoms with Crippen molar-refractivity contribution in [2.45, 2.75) is 32.3 Å². The van der Waals surface area contributed by atoms with Crippen molar-refractivity contribution in [1.29, 1.82) is 0 Å². The highest BCUT2D eigenvalue weighted by molar-refractivity contribution is 7.80. The Morgan fingerprint density at radius 1 is 1.50 bits per heavy atom. The Bertz CT molecular complexity index is 105. The van der Waals surface area contributed by atoms with Crippen LogP contribution in [0.3, 0.4) is 0 Å². The summed E-state index contributed by atoms with van der Waals surface area (Å²) in [5.74, 6) is 2.23. The second kappa shape index (κ2) is 3.63. The lowest BCUT2D eigenvalue weighted by Crippen LogP contribution is -2.27. The van der Waals surface area contributed by atoms with E-state index in [1.54, 1.807) is 0 Å². The van der Waals surface area contributed by atoms with Crippen molar-refractivity contribution in [2.75, 3.05) is 5.75 Å². The van der Waals surface area contributed by atoms with Crippen LogP contribution in [0.2, 0.25) is 0 Å². The minimum Gasteiger partial charge on any atom is -0.393 e. The maximum Gasteiger partial charge on any atom is 0.0566 e. The molecule has 60 valence electrons. The fourth-order valence-electron chi connectivity index (χ4n) is 1.66. The number of thiol groups is 1. The summed E-state index contributed by atoms with van der Waals surface area (Å²) in [5, 5.41) is 9.37. The zero-order valence-electron chi connectivity index (χ0n) is 6.45. The van der Waals surface area contributed by atoms with Gasteiger partial charge in [-0.2, -0.15) is 12.6 Å². The van der Waals surface area contributed by atoms with E-state index in [-0.39, 0.29) is 6.10 Å². The van der Waals surface area contributed by atoms with Gasteiger partial charge < -0.3 is 5.11 Å². The lowest BCUT2D eigenvalue weighted by atomic mass is 9.81. The molecule has 2 heteroatoms. The normalized spacial score (nSPS) is 41.7. The van der Waals surface area contributed by atoms with Gasteiger partial charge in [-0.25, -0.2) is 0 Å². The topological polar surface area (TPSA) is 20.2 Å². The fraction of sp³-hybridized carbons (Fsp3) is 1.00. The molecule has 1 aliphatic carbocycles. The highest BCUT2D eigenvalue weighted by Gasteiger charge is 2.24. The first-order chi connectivity index (χ1) is 4.74. The standard InChI is InChI=1S/C8H16OS/c1-6-4-7(5-10)2-3-8(6)9/h6-10H,2-5H2,1H3. The van der Waals surface area contributed by atoms with Gasteiger partial charge in [0.2, 0.25) is 0 Å². The van der Waals surface area contributed by atoms with Crippen LogP contribution in [0.4, 0.5) is 0 Å². The van der Waals surface area contributed by atoms with Gasteiger partial charge in [0.25, 0.3) is 0 Å². The zero-order chi connectivity index (χ0) is 7.56. The van der Waals surface area contributed by atoms with Gasteiger partial charge in [0, 0.05) is 0 Å². The maximum atomic E-state index is 9.37. The largest absolute Gasteiger partial charge is 0.393 e. The molecule has 0 saturated heterocycles. The first kappa shape index (κ1) is 8.41.